The van der Waals surface area contributed by atoms with E-state index in [1.54, 1.807) is 17.9 Å². The number of rotatable bonds is 8. The molecule has 0 saturated heterocycles. The Hall–Kier alpha value is -2.89. The highest BCUT2D eigenvalue weighted by Crippen LogP contribution is 2.43. The van der Waals surface area contributed by atoms with Crippen molar-refractivity contribution in [3.8, 4) is 16.2 Å². The van der Waals surface area contributed by atoms with Crippen LogP contribution in [0.25, 0.3) is 10.4 Å². The highest BCUT2D eigenvalue weighted by molar-refractivity contribution is 7.19. The van der Waals surface area contributed by atoms with E-state index in [1.165, 1.54) is 6.07 Å². The lowest BCUT2D eigenvalue weighted by Crippen LogP contribution is -2.34. The Morgan fingerprint density at radius 3 is 2.67 bits per heavy atom. The first-order valence-corrected chi connectivity index (χ1v) is 11.1. The van der Waals surface area contributed by atoms with Crippen molar-refractivity contribution in [2.45, 2.75) is 52.3 Å². The highest BCUT2D eigenvalue weighted by Gasteiger charge is 2.40. The second kappa shape index (κ2) is 9.16. The monoisotopic (exact) mass is 487 g/mol. The zero-order valence-corrected chi connectivity index (χ0v) is 18.6. The van der Waals surface area contributed by atoms with Gasteiger partial charge in [-0.25, -0.2) is 18.6 Å². The standard InChI is InChI=1S/C21H21F4N3O4S/c1-9-17(33-20(26-9)27-21(30)31-8-15(22)23)12-5-13-7-28(10(2)11-3-4-11)18(29)16(13)14(6-12)32-19(24)25/h5-6,10-11,15,19H,3-4,7-8H2,1-2H3,(H,26,27,30)/t10-/m0/s1. The molecule has 1 aliphatic carbocycles. The average Bonchev–Trinajstić information content (AvgIpc) is 3.44. The number of fused-ring (bicyclic) bond motifs is 1. The number of aryl methyl sites for hydroxylation is 1. The number of anilines is 1. The molecule has 1 fully saturated rings. The Balaban J connectivity index is 1.63. The minimum absolute atomic E-state index is 0.00653. The van der Waals surface area contributed by atoms with Gasteiger partial charge < -0.3 is 14.4 Å². The van der Waals surface area contributed by atoms with Crippen molar-refractivity contribution >= 4 is 28.5 Å². The molecule has 2 aromatic rings. The Bertz CT molecular complexity index is 1070. The lowest BCUT2D eigenvalue weighted by Gasteiger charge is -2.24. The molecule has 1 atom stereocenters. The van der Waals surface area contributed by atoms with Gasteiger partial charge in [0.15, 0.2) is 11.7 Å². The van der Waals surface area contributed by atoms with Crippen molar-refractivity contribution in [2.75, 3.05) is 11.9 Å². The number of benzene rings is 1. The summed E-state index contributed by atoms with van der Waals surface area (Å²) >= 11 is 1.02. The smallest absolute Gasteiger partial charge is 0.413 e. The number of nitrogens with one attached hydrogen (secondary N) is 1. The summed E-state index contributed by atoms with van der Waals surface area (Å²) in [7, 11) is 0. The van der Waals surface area contributed by atoms with Gasteiger partial charge in [0.2, 0.25) is 0 Å². The van der Waals surface area contributed by atoms with Crippen LogP contribution in [0.15, 0.2) is 12.1 Å². The SMILES string of the molecule is Cc1nc(NC(=O)OCC(F)F)sc1-c1cc2c(c(OC(F)F)c1)C(=O)N([C@@H](C)C1CC1)C2. The number of amides is 2. The predicted molar refractivity (Wildman–Crippen MR) is 112 cm³/mol. The van der Waals surface area contributed by atoms with E-state index in [9.17, 15) is 27.2 Å². The second-order valence-corrected chi connectivity index (χ2v) is 8.95. The van der Waals surface area contributed by atoms with Gasteiger partial charge in [-0.3, -0.25) is 10.1 Å². The molecule has 0 bridgehead atoms. The van der Waals surface area contributed by atoms with Crippen LogP contribution < -0.4 is 10.1 Å². The first kappa shape index (κ1) is 23.3. The number of thiazole rings is 1. The van der Waals surface area contributed by atoms with Crippen LogP contribution in [0.1, 0.15) is 41.4 Å². The Morgan fingerprint density at radius 1 is 1.30 bits per heavy atom. The maximum atomic E-state index is 13.1. The average molecular weight is 487 g/mol. The number of hydrogen-bond acceptors (Lipinski definition) is 6. The molecule has 0 radical (unpaired) electrons. The van der Waals surface area contributed by atoms with Gasteiger partial charge in [-0.2, -0.15) is 8.78 Å². The predicted octanol–water partition coefficient (Wildman–Crippen LogP) is 5.29. The topological polar surface area (TPSA) is 80.8 Å². The lowest BCUT2D eigenvalue weighted by molar-refractivity contribution is -0.0501. The van der Waals surface area contributed by atoms with Crippen LogP contribution in [-0.2, 0) is 11.3 Å². The van der Waals surface area contributed by atoms with E-state index < -0.39 is 25.7 Å². The zero-order valence-electron chi connectivity index (χ0n) is 17.7. The normalized spacial score (nSPS) is 16.4. The summed E-state index contributed by atoms with van der Waals surface area (Å²) in [6.45, 7) is -0.283. The summed E-state index contributed by atoms with van der Waals surface area (Å²) in [5, 5.41) is 2.37. The van der Waals surface area contributed by atoms with Gasteiger partial charge in [-0.15, -0.1) is 0 Å². The molecular formula is C21H21F4N3O4S. The van der Waals surface area contributed by atoms with E-state index in [-0.39, 0.29) is 34.9 Å². The van der Waals surface area contributed by atoms with Crippen LogP contribution >= 0.6 is 11.3 Å². The molecule has 33 heavy (non-hydrogen) atoms. The van der Waals surface area contributed by atoms with Crippen molar-refractivity contribution in [1.82, 2.24) is 9.88 Å². The van der Waals surface area contributed by atoms with Crippen molar-refractivity contribution in [2.24, 2.45) is 5.92 Å². The molecular weight excluding hydrogens is 466 g/mol. The van der Waals surface area contributed by atoms with E-state index in [2.05, 4.69) is 15.0 Å². The van der Waals surface area contributed by atoms with Gasteiger partial charge in [0.25, 0.3) is 12.3 Å². The first-order valence-electron chi connectivity index (χ1n) is 10.3. The number of carbonyl (C=O) groups excluding carboxylic acids is 2. The summed E-state index contributed by atoms with van der Waals surface area (Å²) in [6.07, 6.45) is -1.82. The minimum atomic E-state index is -3.11. The van der Waals surface area contributed by atoms with Gasteiger partial charge >= 0.3 is 12.7 Å². The van der Waals surface area contributed by atoms with Gasteiger partial charge in [0.05, 0.1) is 16.1 Å². The third-order valence-electron chi connectivity index (χ3n) is 5.62. The largest absolute Gasteiger partial charge is 0.443 e. The summed E-state index contributed by atoms with van der Waals surface area (Å²) in [5.41, 5.74) is 1.66. The maximum Gasteiger partial charge on any atom is 0.413 e. The van der Waals surface area contributed by atoms with Gasteiger partial charge in [-0.05, 0) is 55.9 Å². The van der Waals surface area contributed by atoms with E-state index in [0.29, 0.717) is 27.6 Å². The van der Waals surface area contributed by atoms with E-state index >= 15 is 0 Å². The summed E-state index contributed by atoms with van der Waals surface area (Å²) < 4.78 is 59.7. The van der Waals surface area contributed by atoms with E-state index in [1.807, 2.05) is 6.92 Å². The van der Waals surface area contributed by atoms with Crippen LogP contribution in [0.2, 0.25) is 0 Å². The fourth-order valence-electron chi connectivity index (χ4n) is 3.90. The molecule has 2 heterocycles. The number of alkyl halides is 4. The lowest BCUT2D eigenvalue weighted by atomic mass is 10.0. The second-order valence-electron chi connectivity index (χ2n) is 7.95. The molecule has 7 nitrogen and oxygen atoms in total. The third-order valence-corrected chi connectivity index (χ3v) is 6.74. The molecule has 1 aromatic carbocycles. The minimum Gasteiger partial charge on any atom is -0.443 e. The van der Waals surface area contributed by atoms with Gasteiger partial charge in [0.1, 0.15) is 5.75 Å². The van der Waals surface area contributed by atoms with Crippen molar-refractivity contribution < 1.29 is 36.6 Å². The van der Waals surface area contributed by atoms with Gasteiger partial charge in [0, 0.05) is 12.6 Å². The number of ether oxygens (including phenoxy) is 2. The fraction of sp³-hybridized carbons (Fsp3) is 0.476. The van der Waals surface area contributed by atoms with Crippen LogP contribution in [0.4, 0.5) is 27.5 Å². The van der Waals surface area contributed by atoms with E-state index in [0.717, 1.165) is 24.2 Å². The van der Waals surface area contributed by atoms with Crippen LogP contribution in [0.3, 0.4) is 0 Å². The molecule has 1 N–H and O–H groups in total. The third kappa shape index (κ3) is 5.05. The summed E-state index contributed by atoms with van der Waals surface area (Å²) in [5.74, 6) is -0.146. The van der Waals surface area contributed by atoms with Crippen LogP contribution in [0.5, 0.6) is 5.75 Å². The quantitative estimate of drug-likeness (QED) is 0.512. The molecule has 0 unspecified atom stereocenters. The molecule has 2 aliphatic rings. The molecule has 178 valence electrons. The number of halogens is 4. The van der Waals surface area contributed by atoms with Crippen LogP contribution in [0, 0.1) is 12.8 Å². The Morgan fingerprint density at radius 2 is 2.03 bits per heavy atom. The Kier molecular flexibility index (Phi) is 6.46. The number of aromatic nitrogens is 1. The molecule has 1 aliphatic heterocycles. The number of carbonyl (C=O) groups is 2. The van der Waals surface area contributed by atoms with Gasteiger partial charge in [-0.1, -0.05) is 11.3 Å². The van der Waals surface area contributed by atoms with Crippen molar-refractivity contribution in [1.29, 1.82) is 0 Å². The van der Waals surface area contributed by atoms with E-state index in [4.69, 9.17) is 4.74 Å². The van der Waals surface area contributed by atoms with Crippen molar-refractivity contribution in [3.05, 3.63) is 29.0 Å². The summed E-state index contributed by atoms with van der Waals surface area (Å²) in [4.78, 5) is 31.1. The fourth-order valence-corrected chi connectivity index (χ4v) is 4.84. The zero-order chi connectivity index (χ0) is 23.9. The number of hydrogen-bond donors (Lipinski definition) is 1. The van der Waals surface area contributed by atoms with Crippen LogP contribution in [-0.4, -0.2) is 47.6 Å². The molecule has 2 amide bonds. The summed E-state index contributed by atoms with van der Waals surface area (Å²) in [6, 6.07) is 3.08. The molecule has 1 aromatic heterocycles. The molecule has 12 heteroatoms. The van der Waals surface area contributed by atoms with Crippen molar-refractivity contribution in [3.63, 3.8) is 0 Å². The molecule has 1 saturated carbocycles. The molecule has 4 rings (SSSR count). The number of nitrogens with zero attached hydrogens (tertiary/aromatic N) is 2. The maximum absolute atomic E-state index is 13.1. The highest BCUT2D eigenvalue weighted by atomic mass is 32.1. The first-order chi connectivity index (χ1) is 15.6. The molecule has 0 spiro atoms. The Labute approximate surface area is 190 Å².